The van der Waals surface area contributed by atoms with Crippen molar-refractivity contribution in [1.29, 1.82) is 0 Å². The van der Waals surface area contributed by atoms with Crippen molar-refractivity contribution in [2.45, 2.75) is 6.92 Å². The lowest BCUT2D eigenvalue weighted by Crippen LogP contribution is -2.37. The second-order valence-electron chi connectivity index (χ2n) is 3.58. The summed E-state index contributed by atoms with van der Waals surface area (Å²) in [4.78, 5) is 11.3. The van der Waals surface area contributed by atoms with Gasteiger partial charge in [-0.05, 0) is 25.1 Å². The number of hydrogen-bond donors (Lipinski definition) is 0. The Kier molecular flexibility index (Phi) is 5.46. The molecule has 0 N–H and O–H groups in total. The lowest BCUT2D eigenvalue weighted by molar-refractivity contribution is -0.138. The summed E-state index contributed by atoms with van der Waals surface area (Å²) in [5, 5.41) is 0.505. The van der Waals surface area contributed by atoms with E-state index in [0.29, 0.717) is 5.02 Å². The van der Waals surface area contributed by atoms with E-state index in [1.807, 2.05) is 0 Å². The topological polar surface area (TPSA) is 63.7 Å². The van der Waals surface area contributed by atoms with Crippen LogP contribution in [0.5, 0.6) is 0 Å². The summed E-state index contributed by atoms with van der Waals surface area (Å²) >= 11 is 11.8. The molecule has 0 aromatic heterocycles. The molecule has 0 heterocycles. The van der Waals surface area contributed by atoms with Crippen molar-refractivity contribution < 1.29 is 17.9 Å². The fourth-order valence-electron chi connectivity index (χ4n) is 1.35. The van der Waals surface area contributed by atoms with E-state index in [2.05, 4.69) is 4.74 Å². The van der Waals surface area contributed by atoms with Gasteiger partial charge < -0.3 is 4.74 Å². The molecule has 8 heteroatoms. The van der Waals surface area contributed by atoms with Crippen LogP contribution >= 0.6 is 23.2 Å². The molecule has 0 aliphatic carbocycles. The van der Waals surface area contributed by atoms with Crippen molar-refractivity contribution in [3.63, 3.8) is 0 Å². The van der Waals surface area contributed by atoms with Gasteiger partial charge in [-0.3, -0.25) is 9.10 Å². The summed E-state index contributed by atoms with van der Waals surface area (Å²) in [6, 6.07) is 4.39. The lowest BCUT2D eigenvalue weighted by atomic mass is 10.3. The summed E-state index contributed by atoms with van der Waals surface area (Å²) in [7, 11) is -2.49. The van der Waals surface area contributed by atoms with Gasteiger partial charge in [-0.25, -0.2) is 8.42 Å². The number of hydrogen-bond acceptors (Lipinski definition) is 4. The Balaban J connectivity index is 3.31. The predicted octanol–water partition coefficient (Wildman–Crippen LogP) is 2.32. The predicted molar refractivity (Wildman–Crippen MR) is 75.3 cm³/mol. The average Bonchev–Trinajstić information content (AvgIpc) is 2.38. The Hall–Kier alpha value is -0.980. The van der Waals surface area contributed by atoms with Crippen LogP contribution in [0.25, 0.3) is 0 Å². The van der Waals surface area contributed by atoms with E-state index in [1.54, 1.807) is 0 Å². The number of benzene rings is 1. The largest absolute Gasteiger partial charge is 0.468 e. The molecule has 0 fully saturated rings. The van der Waals surface area contributed by atoms with Crippen LogP contribution in [-0.4, -0.2) is 33.8 Å². The average molecular weight is 326 g/mol. The molecular formula is C11H13Cl2NO4S. The van der Waals surface area contributed by atoms with Crippen LogP contribution in [-0.2, 0) is 19.6 Å². The smallest absolute Gasteiger partial charge is 0.326 e. The molecule has 5 nitrogen and oxygen atoms in total. The van der Waals surface area contributed by atoms with Crippen LogP contribution in [0.1, 0.15) is 6.92 Å². The molecule has 0 aliphatic rings. The number of anilines is 1. The molecule has 0 bridgehead atoms. The highest BCUT2D eigenvalue weighted by Gasteiger charge is 2.25. The van der Waals surface area contributed by atoms with Crippen LogP contribution in [0, 0.1) is 0 Å². The molecule has 0 saturated carbocycles. The van der Waals surface area contributed by atoms with Gasteiger partial charge in [-0.15, -0.1) is 0 Å². The van der Waals surface area contributed by atoms with Crippen LogP contribution in [0.15, 0.2) is 18.2 Å². The Morgan fingerprint density at radius 1 is 1.37 bits per heavy atom. The SMILES string of the molecule is CCS(=O)(=O)N(CC(=O)OC)c1cc(Cl)ccc1Cl. The normalized spacial score (nSPS) is 11.2. The number of halogens is 2. The molecule has 0 amide bonds. The standard InChI is InChI=1S/C11H13Cl2NO4S/c1-3-19(16,17)14(7-11(15)18-2)10-6-8(12)4-5-9(10)13/h4-6H,3,7H2,1-2H3. The van der Waals surface area contributed by atoms with E-state index in [0.717, 1.165) is 4.31 Å². The Morgan fingerprint density at radius 3 is 2.53 bits per heavy atom. The van der Waals surface area contributed by atoms with E-state index in [4.69, 9.17) is 23.2 Å². The second-order valence-corrected chi connectivity index (χ2v) is 6.60. The highest BCUT2D eigenvalue weighted by Crippen LogP contribution is 2.30. The molecule has 1 rings (SSSR count). The number of ether oxygens (including phenoxy) is 1. The Labute approximate surface area is 122 Å². The minimum absolute atomic E-state index is 0.154. The maximum atomic E-state index is 12.0. The first kappa shape index (κ1) is 16.1. The number of esters is 1. The third-order valence-electron chi connectivity index (χ3n) is 2.38. The van der Waals surface area contributed by atoms with E-state index in [1.165, 1.54) is 32.2 Å². The number of carbonyl (C=O) groups is 1. The van der Waals surface area contributed by atoms with Gasteiger partial charge in [0, 0.05) is 5.02 Å². The van der Waals surface area contributed by atoms with Crippen molar-refractivity contribution in [2.75, 3.05) is 23.7 Å². The molecule has 0 saturated heterocycles. The maximum absolute atomic E-state index is 12.0. The maximum Gasteiger partial charge on any atom is 0.326 e. The summed E-state index contributed by atoms with van der Waals surface area (Å²) < 4.78 is 29.4. The number of rotatable bonds is 5. The van der Waals surface area contributed by atoms with Gasteiger partial charge in [-0.1, -0.05) is 23.2 Å². The molecular weight excluding hydrogens is 313 g/mol. The van der Waals surface area contributed by atoms with Gasteiger partial charge in [0.25, 0.3) is 0 Å². The fourth-order valence-corrected chi connectivity index (χ4v) is 2.85. The number of methoxy groups -OCH3 is 1. The van der Waals surface area contributed by atoms with Crippen molar-refractivity contribution in [2.24, 2.45) is 0 Å². The minimum Gasteiger partial charge on any atom is -0.468 e. The summed E-state index contributed by atoms with van der Waals surface area (Å²) in [5.41, 5.74) is 0.154. The minimum atomic E-state index is -3.67. The van der Waals surface area contributed by atoms with Crippen LogP contribution in [0.3, 0.4) is 0 Å². The first-order valence-corrected chi connectivity index (χ1v) is 7.70. The monoisotopic (exact) mass is 325 g/mol. The van der Waals surface area contributed by atoms with E-state index in [9.17, 15) is 13.2 Å². The molecule has 0 unspecified atom stereocenters. The first-order chi connectivity index (χ1) is 8.81. The molecule has 19 heavy (non-hydrogen) atoms. The van der Waals surface area contributed by atoms with Gasteiger partial charge in [0.2, 0.25) is 10.0 Å². The zero-order chi connectivity index (χ0) is 14.6. The Bertz CT molecular complexity index is 574. The van der Waals surface area contributed by atoms with E-state index < -0.39 is 22.5 Å². The van der Waals surface area contributed by atoms with Crippen molar-refractivity contribution in [3.05, 3.63) is 28.2 Å². The van der Waals surface area contributed by atoms with Gasteiger partial charge in [0.15, 0.2) is 0 Å². The van der Waals surface area contributed by atoms with Gasteiger partial charge in [0.05, 0.1) is 23.6 Å². The molecule has 0 aliphatic heterocycles. The molecule has 1 aromatic rings. The van der Waals surface area contributed by atoms with Crippen LogP contribution in [0.4, 0.5) is 5.69 Å². The molecule has 0 spiro atoms. The highest BCUT2D eigenvalue weighted by atomic mass is 35.5. The van der Waals surface area contributed by atoms with Crippen molar-refractivity contribution >= 4 is 44.9 Å². The summed E-state index contributed by atoms with van der Waals surface area (Å²) in [6.07, 6.45) is 0. The summed E-state index contributed by atoms with van der Waals surface area (Å²) in [6.45, 7) is 1.02. The number of carbonyl (C=O) groups excluding carboxylic acids is 1. The van der Waals surface area contributed by atoms with Crippen LogP contribution < -0.4 is 4.31 Å². The highest BCUT2D eigenvalue weighted by molar-refractivity contribution is 7.92. The fraction of sp³-hybridized carbons (Fsp3) is 0.364. The first-order valence-electron chi connectivity index (χ1n) is 5.34. The number of nitrogens with zero attached hydrogens (tertiary/aromatic N) is 1. The molecule has 0 radical (unpaired) electrons. The molecule has 1 aromatic carbocycles. The Morgan fingerprint density at radius 2 is 2.00 bits per heavy atom. The van der Waals surface area contributed by atoms with Gasteiger partial charge in [-0.2, -0.15) is 0 Å². The zero-order valence-corrected chi connectivity index (χ0v) is 12.7. The van der Waals surface area contributed by atoms with E-state index >= 15 is 0 Å². The molecule has 0 atom stereocenters. The zero-order valence-electron chi connectivity index (χ0n) is 10.4. The third-order valence-corrected chi connectivity index (χ3v) is 4.66. The quantitative estimate of drug-likeness (QED) is 0.779. The van der Waals surface area contributed by atoms with Crippen molar-refractivity contribution in [3.8, 4) is 0 Å². The lowest BCUT2D eigenvalue weighted by Gasteiger charge is -2.23. The molecule has 106 valence electrons. The second kappa shape index (κ2) is 6.45. The van der Waals surface area contributed by atoms with Gasteiger partial charge >= 0.3 is 5.97 Å². The third kappa shape index (κ3) is 3.99. The van der Waals surface area contributed by atoms with Crippen molar-refractivity contribution in [1.82, 2.24) is 0 Å². The van der Waals surface area contributed by atoms with E-state index in [-0.39, 0.29) is 16.5 Å². The summed E-state index contributed by atoms with van der Waals surface area (Å²) in [5.74, 6) is -0.861. The number of sulfonamides is 1. The van der Waals surface area contributed by atoms with Crippen LogP contribution in [0.2, 0.25) is 10.0 Å². The van der Waals surface area contributed by atoms with Gasteiger partial charge in [0.1, 0.15) is 6.54 Å².